The van der Waals surface area contributed by atoms with E-state index < -0.39 is 48.9 Å². The van der Waals surface area contributed by atoms with Gasteiger partial charge in [-0.1, -0.05) is 30.3 Å². The van der Waals surface area contributed by atoms with Crippen molar-refractivity contribution in [3.05, 3.63) is 35.9 Å². The van der Waals surface area contributed by atoms with Gasteiger partial charge in [-0.2, -0.15) is 8.78 Å². The largest absolute Gasteiger partial charge is 0.480 e. The number of halogens is 2. The van der Waals surface area contributed by atoms with E-state index in [1.807, 2.05) is 18.2 Å². The molecule has 2 amide bonds. The van der Waals surface area contributed by atoms with Gasteiger partial charge in [0.2, 0.25) is 5.91 Å². The number of aliphatic carboxylic acids is 1. The number of carbonyl (C=O) groups is 3. The molecular weight excluding hydrogens is 390 g/mol. The quantitative estimate of drug-likeness (QED) is 0.539. The summed E-state index contributed by atoms with van der Waals surface area (Å²) >= 11 is 0. The molecule has 8 nitrogen and oxygen atoms in total. The molecule has 0 aliphatic rings. The number of amides is 2. The Morgan fingerprint density at radius 3 is 2.21 bits per heavy atom. The number of ether oxygens (including phenoxy) is 2. The molecule has 0 saturated carbocycles. The maximum atomic E-state index is 12.4. The molecule has 3 N–H and O–H groups in total. The van der Waals surface area contributed by atoms with Gasteiger partial charge in [-0.25, -0.2) is 9.59 Å². The number of alkyl halides is 2. The minimum Gasteiger partial charge on any atom is -0.480 e. The van der Waals surface area contributed by atoms with Crippen molar-refractivity contribution in [2.24, 2.45) is 0 Å². The third-order valence-electron chi connectivity index (χ3n) is 3.58. The highest BCUT2D eigenvalue weighted by atomic mass is 19.3. The van der Waals surface area contributed by atoms with Crippen molar-refractivity contribution in [1.82, 2.24) is 10.6 Å². The summed E-state index contributed by atoms with van der Waals surface area (Å²) in [5.74, 6) is -2.27. The van der Waals surface area contributed by atoms with Crippen LogP contribution >= 0.6 is 0 Å². The van der Waals surface area contributed by atoms with Gasteiger partial charge in [0.1, 0.15) is 17.7 Å². The molecule has 10 heteroatoms. The van der Waals surface area contributed by atoms with Gasteiger partial charge in [-0.15, -0.1) is 0 Å². The van der Waals surface area contributed by atoms with Crippen LogP contribution in [0.5, 0.6) is 0 Å². The lowest BCUT2D eigenvalue weighted by atomic mass is 10.0. The normalized spacial score (nSPS) is 13.4. The minimum atomic E-state index is -3.17. The zero-order valence-corrected chi connectivity index (χ0v) is 16.5. The SMILES string of the molecule is CC(C)(C)OC(=O)N[C@@H](COC(F)F)C(=O)N[C@@H](CCc1ccccc1)C(=O)O. The van der Waals surface area contributed by atoms with Crippen LogP contribution in [-0.2, 0) is 25.5 Å². The summed E-state index contributed by atoms with van der Waals surface area (Å²) in [6, 6.07) is 6.19. The van der Waals surface area contributed by atoms with Crippen LogP contribution in [0.25, 0.3) is 0 Å². The van der Waals surface area contributed by atoms with Crippen molar-refractivity contribution in [1.29, 1.82) is 0 Å². The maximum Gasteiger partial charge on any atom is 0.408 e. The predicted octanol–water partition coefficient (Wildman–Crippen LogP) is 2.32. The second kappa shape index (κ2) is 11.3. The lowest BCUT2D eigenvalue weighted by Gasteiger charge is -2.24. The first-order valence-corrected chi connectivity index (χ1v) is 8.94. The maximum absolute atomic E-state index is 12.4. The van der Waals surface area contributed by atoms with Crippen LogP contribution in [0, 0.1) is 0 Å². The second-order valence-electron chi connectivity index (χ2n) is 7.22. The predicted molar refractivity (Wildman–Crippen MR) is 99.4 cm³/mol. The fourth-order valence-electron chi connectivity index (χ4n) is 2.29. The number of hydrogen-bond acceptors (Lipinski definition) is 5. The van der Waals surface area contributed by atoms with Gasteiger partial charge in [0.05, 0.1) is 6.61 Å². The van der Waals surface area contributed by atoms with E-state index in [0.29, 0.717) is 6.42 Å². The standard InChI is InChI=1S/C19H26F2N2O6/c1-19(2,3)29-18(27)23-14(11-28-17(20)21)15(24)22-13(16(25)26)10-9-12-7-5-4-6-8-12/h4-8,13-14,17H,9-11H2,1-3H3,(H,22,24)(H,23,27)(H,25,26)/t13-,14-/m0/s1. The molecule has 0 aliphatic heterocycles. The molecule has 0 heterocycles. The number of benzene rings is 1. The molecule has 29 heavy (non-hydrogen) atoms. The number of nitrogens with one attached hydrogen (secondary N) is 2. The molecule has 0 aromatic heterocycles. The fourth-order valence-corrected chi connectivity index (χ4v) is 2.29. The van der Waals surface area contributed by atoms with E-state index in [-0.39, 0.29) is 6.42 Å². The number of aryl methyl sites for hydroxylation is 1. The van der Waals surface area contributed by atoms with Crippen molar-refractivity contribution < 1.29 is 37.7 Å². The van der Waals surface area contributed by atoms with Gasteiger partial charge in [-0.05, 0) is 39.2 Å². The van der Waals surface area contributed by atoms with Gasteiger partial charge in [0.25, 0.3) is 0 Å². The van der Waals surface area contributed by atoms with Crippen molar-refractivity contribution in [3.8, 4) is 0 Å². The van der Waals surface area contributed by atoms with Gasteiger partial charge < -0.3 is 25.2 Å². The van der Waals surface area contributed by atoms with Gasteiger partial charge in [0, 0.05) is 0 Å². The van der Waals surface area contributed by atoms with Crippen LogP contribution < -0.4 is 10.6 Å². The third kappa shape index (κ3) is 10.4. The lowest BCUT2D eigenvalue weighted by Crippen LogP contribution is -2.54. The van der Waals surface area contributed by atoms with E-state index in [1.54, 1.807) is 32.9 Å². The molecule has 0 aliphatic carbocycles. The van der Waals surface area contributed by atoms with Crippen LogP contribution in [0.3, 0.4) is 0 Å². The van der Waals surface area contributed by atoms with E-state index in [0.717, 1.165) is 5.56 Å². The first-order valence-electron chi connectivity index (χ1n) is 8.94. The molecule has 0 unspecified atom stereocenters. The van der Waals surface area contributed by atoms with Crippen LogP contribution in [-0.4, -0.2) is 54.0 Å². The number of carboxylic acid groups (broad SMARTS) is 1. The molecule has 0 saturated heterocycles. The smallest absolute Gasteiger partial charge is 0.408 e. The summed E-state index contributed by atoms with van der Waals surface area (Å²) < 4.78 is 33.9. The van der Waals surface area contributed by atoms with Crippen molar-refractivity contribution >= 4 is 18.0 Å². The van der Waals surface area contributed by atoms with Crippen molar-refractivity contribution in [2.75, 3.05) is 6.61 Å². The molecule has 0 fully saturated rings. The highest BCUT2D eigenvalue weighted by Gasteiger charge is 2.29. The Hall–Kier alpha value is -2.75. The summed E-state index contributed by atoms with van der Waals surface area (Å²) in [5.41, 5.74) is -0.00834. The Labute approximate surface area is 167 Å². The molecule has 1 aromatic rings. The van der Waals surface area contributed by atoms with Crippen molar-refractivity contribution in [2.45, 2.75) is 57.9 Å². The van der Waals surface area contributed by atoms with Crippen LogP contribution in [0.2, 0.25) is 0 Å². The molecule has 1 rings (SSSR count). The van der Waals surface area contributed by atoms with E-state index in [9.17, 15) is 28.3 Å². The second-order valence-corrected chi connectivity index (χ2v) is 7.22. The lowest BCUT2D eigenvalue weighted by molar-refractivity contribution is -0.148. The summed E-state index contributed by atoms with van der Waals surface area (Å²) in [6.07, 6.45) is -0.581. The number of carbonyl (C=O) groups excluding carboxylic acids is 2. The molecule has 0 bridgehead atoms. The Bertz CT molecular complexity index is 679. The molecule has 0 radical (unpaired) electrons. The molecule has 0 spiro atoms. The van der Waals surface area contributed by atoms with E-state index >= 15 is 0 Å². The van der Waals surface area contributed by atoms with Crippen LogP contribution in [0.15, 0.2) is 30.3 Å². The topological polar surface area (TPSA) is 114 Å². The zero-order valence-electron chi connectivity index (χ0n) is 16.5. The average molecular weight is 416 g/mol. The van der Waals surface area contributed by atoms with Gasteiger partial charge in [0.15, 0.2) is 0 Å². The van der Waals surface area contributed by atoms with E-state index in [2.05, 4.69) is 15.4 Å². The van der Waals surface area contributed by atoms with Crippen LogP contribution in [0.1, 0.15) is 32.8 Å². The number of alkyl carbamates (subject to hydrolysis) is 1. The monoisotopic (exact) mass is 416 g/mol. The number of carboxylic acids is 1. The fraction of sp³-hybridized carbons (Fsp3) is 0.526. The Morgan fingerprint density at radius 1 is 1.07 bits per heavy atom. The van der Waals surface area contributed by atoms with Crippen molar-refractivity contribution in [3.63, 3.8) is 0 Å². The summed E-state index contributed by atoms with van der Waals surface area (Å²) in [5, 5.41) is 13.7. The van der Waals surface area contributed by atoms with E-state index in [4.69, 9.17) is 4.74 Å². The zero-order chi connectivity index (χ0) is 22.0. The number of rotatable bonds is 10. The van der Waals surface area contributed by atoms with E-state index in [1.165, 1.54) is 0 Å². The van der Waals surface area contributed by atoms with Gasteiger partial charge >= 0.3 is 18.7 Å². The minimum absolute atomic E-state index is 0.0694. The first kappa shape index (κ1) is 24.3. The molecular formula is C19H26F2N2O6. The molecule has 162 valence electrons. The highest BCUT2D eigenvalue weighted by Crippen LogP contribution is 2.08. The van der Waals surface area contributed by atoms with Gasteiger partial charge in [-0.3, -0.25) is 4.79 Å². The Balaban J connectivity index is 2.77. The number of hydrogen-bond donors (Lipinski definition) is 3. The summed E-state index contributed by atoms with van der Waals surface area (Å²) in [6.45, 7) is 0.733. The highest BCUT2D eigenvalue weighted by molar-refractivity contribution is 5.89. The molecule has 2 atom stereocenters. The first-order chi connectivity index (χ1) is 13.5. The average Bonchev–Trinajstić information content (AvgIpc) is 2.60. The summed E-state index contributed by atoms with van der Waals surface area (Å²) in [7, 11) is 0. The Morgan fingerprint density at radius 2 is 1.69 bits per heavy atom. The molecule has 1 aromatic carbocycles. The van der Waals surface area contributed by atoms with Crippen LogP contribution in [0.4, 0.5) is 13.6 Å². The Kier molecular flexibility index (Phi) is 9.46. The third-order valence-corrected chi connectivity index (χ3v) is 3.58. The summed E-state index contributed by atoms with van der Waals surface area (Å²) in [4.78, 5) is 35.8.